The maximum Gasteiger partial charge on any atom is 0.223 e. The Hall–Kier alpha value is -1.75. The Labute approximate surface area is 125 Å². The minimum absolute atomic E-state index is 0.0307. The van der Waals surface area contributed by atoms with Crippen molar-refractivity contribution >= 4 is 5.91 Å². The van der Waals surface area contributed by atoms with Crippen molar-refractivity contribution in [3.05, 3.63) is 23.8 Å². The molecule has 21 heavy (non-hydrogen) atoms. The monoisotopic (exact) mass is 290 g/mol. The van der Waals surface area contributed by atoms with Gasteiger partial charge in [-0.2, -0.15) is 0 Å². The topological polar surface area (TPSA) is 64.8 Å². The second-order valence-corrected chi connectivity index (χ2v) is 5.64. The molecule has 2 heterocycles. The highest BCUT2D eigenvalue weighted by Crippen LogP contribution is 2.37. The number of nitrogens with zero attached hydrogens (tertiary/aromatic N) is 1. The zero-order valence-electron chi connectivity index (χ0n) is 12.4. The van der Waals surface area contributed by atoms with Crippen LogP contribution in [-0.4, -0.2) is 36.6 Å². The Morgan fingerprint density at radius 2 is 2.05 bits per heavy atom. The highest BCUT2D eigenvalue weighted by atomic mass is 16.6. The summed E-state index contributed by atoms with van der Waals surface area (Å²) in [7, 11) is 0. The first kappa shape index (κ1) is 14.2. The molecule has 5 nitrogen and oxygen atoms in total. The fraction of sp³-hybridized carbons (Fsp3) is 0.562. The average molecular weight is 290 g/mol. The molecule has 3 rings (SSSR count). The molecular weight excluding hydrogens is 268 g/mol. The number of piperidine rings is 1. The van der Waals surface area contributed by atoms with E-state index in [9.17, 15) is 4.79 Å². The fourth-order valence-electron chi connectivity index (χ4n) is 3.15. The third-order valence-corrected chi connectivity index (χ3v) is 4.13. The third-order valence-electron chi connectivity index (χ3n) is 4.13. The van der Waals surface area contributed by atoms with Crippen molar-refractivity contribution in [2.45, 2.75) is 38.3 Å². The molecule has 2 aliphatic rings. The summed E-state index contributed by atoms with van der Waals surface area (Å²) < 4.78 is 11.2. The van der Waals surface area contributed by atoms with Gasteiger partial charge in [-0.05, 0) is 30.5 Å². The average Bonchev–Trinajstić information content (AvgIpc) is 2.51. The number of rotatable bonds is 3. The normalized spacial score (nSPS) is 25.0. The maximum atomic E-state index is 12.2. The lowest BCUT2D eigenvalue weighted by atomic mass is 9.90. The molecule has 2 N–H and O–H groups in total. The Kier molecular flexibility index (Phi) is 4.01. The van der Waals surface area contributed by atoms with Crippen LogP contribution in [-0.2, 0) is 4.79 Å². The standard InChI is InChI=1S/C16H22N2O3/c1-2-7-18-15(19)6-4-12(17)16(18)11-3-5-13-14(10-11)21-9-8-20-13/h3,5,10,12,16H,2,4,6-9,17H2,1H3. The number of nitrogens with two attached hydrogens (primary N) is 1. The van der Waals surface area contributed by atoms with Crippen LogP contribution >= 0.6 is 0 Å². The second-order valence-electron chi connectivity index (χ2n) is 5.64. The summed E-state index contributed by atoms with van der Waals surface area (Å²) >= 11 is 0. The van der Waals surface area contributed by atoms with E-state index in [4.69, 9.17) is 15.2 Å². The van der Waals surface area contributed by atoms with E-state index in [2.05, 4.69) is 6.92 Å². The molecule has 1 saturated heterocycles. The first-order valence-electron chi connectivity index (χ1n) is 7.65. The van der Waals surface area contributed by atoms with Crippen molar-refractivity contribution in [1.82, 2.24) is 4.90 Å². The van der Waals surface area contributed by atoms with Crippen molar-refractivity contribution < 1.29 is 14.3 Å². The summed E-state index contributed by atoms with van der Waals surface area (Å²) in [6, 6.07) is 5.79. The molecule has 0 bridgehead atoms. The van der Waals surface area contributed by atoms with Gasteiger partial charge in [-0.1, -0.05) is 13.0 Å². The van der Waals surface area contributed by atoms with Gasteiger partial charge in [0, 0.05) is 19.0 Å². The third kappa shape index (κ3) is 2.70. The largest absolute Gasteiger partial charge is 0.486 e. The Balaban J connectivity index is 1.93. The zero-order chi connectivity index (χ0) is 14.8. The van der Waals surface area contributed by atoms with Gasteiger partial charge >= 0.3 is 0 Å². The number of ether oxygens (including phenoxy) is 2. The molecule has 0 spiro atoms. The van der Waals surface area contributed by atoms with Gasteiger partial charge in [-0.25, -0.2) is 0 Å². The Morgan fingerprint density at radius 3 is 2.81 bits per heavy atom. The molecule has 1 aromatic carbocycles. The predicted octanol–water partition coefficient (Wildman–Crippen LogP) is 1.86. The summed E-state index contributed by atoms with van der Waals surface area (Å²) in [4.78, 5) is 14.1. The number of fused-ring (bicyclic) bond motifs is 1. The van der Waals surface area contributed by atoms with E-state index >= 15 is 0 Å². The van der Waals surface area contributed by atoms with Crippen LogP contribution in [0.15, 0.2) is 18.2 Å². The highest BCUT2D eigenvalue weighted by molar-refractivity contribution is 5.78. The molecule has 0 saturated carbocycles. The summed E-state index contributed by atoms with van der Waals surface area (Å²) in [5.74, 6) is 1.71. The minimum atomic E-state index is -0.0676. The van der Waals surface area contributed by atoms with Crippen LogP contribution in [0.1, 0.15) is 37.8 Å². The van der Waals surface area contributed by atoms with Crippen LogP contribution in [0, 0.1) is 0 Å². The van der Waals surface area contributed by atoms with Gasteiger partial charge in [0.2, 0.25) is 5.91 Å². The van der Waals surface area contributed by atoms with E-state index in [-0.39, 0.29) is 18.0 Å². The second kappa shape index (κ2) is 5.93. The Bertz CT molecular complexity index is 532. The molecule has 1 amide bonds. The number of carbonyl (C=O) groups is 1. The fourth-order valence-corrected chi connectivity index (χ4v) is 3.15. The van der Waals surface area contributed by atoms with Crippen LogP contribution in [0.2, 0.25) is 0 Å². The molecule has 2 aliphatic heterocycles. The summed E-state index contributed by atoms with van der Waals surface area (Å²) in [6.45, 7) is 3.96. The Morgan fingerprint density at radius 1 is 1.29 bits per heavy atom. The van der Waals surface area contributed by atoms with Crippen LogP contribution in [0.3, 0.4) is 0 Å². The zero-order valence-corrected chi connectivity index (χ0v) is 12.4. The van der Waals surface area contributed by atoms with E-state index in [1.54, 1.807) is 0 Å². The minimum Gasteiger partial charge on any atom is -0.486 e. The van der Waals surface area contributed by atoms with E-state index < -0.39 is 0 Å². The van der Waals surface area contributed by atoms with Crippen molar-refractivity contribution in [1.29, 1.82) is 0 Å². The number of likely N-dealkylation sites (tertiary alicyclic amines) is 1. The van der Waals surface area contributed by atoms with Crippen molar-refractivity contribution in [2.24, 2.45) is 5.73 Å². The van der Waals surface area contributed by atoms with E-state index in [0.29, 0.717) is 19.6 Å². The maximum absolute atomic E-state index is 12.2. The molecule has 5 heteroatoms. The van der Waals surface area contributed by atoms with E-state index in [1.165, 1.54) is 0 Å². The lowest BCUT2D eigenvalue weighted by Crippen LogP contribution is -2.49. The first-order chi connectivity index (χ1) is 10.2. The summed E-state index contributed by atoms with van der Waals surface area (Å²) in [6.07, 6.45) is 2.21. The van der Waals surface area contributed by atoms with Crippen molar-refractivity contribution in [2.75, 3.05) is 19.8 Å². The lowest BCUT2D eigenvalue weighted by molar-refractivity contribution is -0.137. The lowest BCUT2D eigenvalue weighted by Gasteiger charge is -2.40. The van der Waals surface area contributed by atoms with Gasteiger partial charge in [0.15, 0.2) is 11.5 Å². The van der Waals surface area contributed by atoms with Crippen molar-refractivity contribution in [3.63, 3.8) is 0 Å². The molecular formula is C16H22N2O3. The smallest absolute Gasteiger partial charge is 0.223 e. The number of amides is 1. The molecule has 0 aromatic heterocycles. The number of carbonyl (C=O) groups excluding carboxylic acids is 1. The number of hydrogen-bond acceptors (Lipinski definition) is 4. The first-order valence-corrected chi connectivity index (χ1v) is 7.65. The highest BCUT2D eigenvalue weighted by Gasteiger charge is 2.34. The van der Waals surface area contributed by atoms with E-state index in [1.807, 2.05) is 23.1 Å². The van der Waals surface area contributed by atoms with Gasteiger partial charge in [0.05, 0.1) is 6.04 Å². The molecule has 1 aromatic rings. The van der Waals surface area contributed by atoms with Gasteiger partial charge in [-0.15, -0.1) is 0 Å². The van der Waals surface area contributed by atoms with Crippen LogP contribution in [0.25, 0.3) is 0 Å². The molecule has 0 aliphatic carbocycles. The van der Waals surface area contributed by atoms with Gasteiger partial charge in [0.1, 0.15) is 13.2 Å². The van der Waals surface area contributed by atoms with Gasteiger partial charge in [-0.3, -0.25) is 4.79 Å². The molecule has 0 radical (unpaired) electrons. The SMILES string of the molecule is CCCN1C(=O)CCC(N)C1c1ccc2c(c1)OCCO2. The van der Waals surface area contributed by atoms with Crippen LogP contribution in [0.4, 0.5) is 0 Å². The van der Waals surface area contributed by atoms with Crippen molar-refractivity contribution in [3.8, 4) is 11.5 Å². The van der Waals surface area contributed by atoms with E-state index in [0.717, 1.165) is 36.4 Å². The number of hydrogen-bond donors (Lipinski definition) is 1. The van der Waals surface area contributed by atoms with Crippen LogP contribution < -0.4 is 15.2 Å². The summed E-state index contributed by atoms with van der Waals surface area (Å²) in [5.41, 5.74) is 7.34. The van der Waals surface area contributed by atoms with Crippen LogP contribution in [0.5, 0.6) is 11.5 Å². The van der Waals surface area contributed by atoms with Gasteiger partial charge in [0.25, 0.3) is 0 Å². The van der Waals surface area contributed by atoms with Gasteiger partial charge < -0.3 is 20.1 Å². The predicted molar refractivity (Wildman–Crippen MR) is 79.4 cm³/mol. The summed E-state index contributed by atoms with van der Waals surface area (Å²) in [5, 5.41) is 0. The molecule has 2 unspecified atom stereocenters. The molecule has 114 valence electrons. The molecule has 1 fully saturated rings. The quantitative estimate of drug-likeness (QED) is 0.923. The molecule has 2 atom stereocenters. The number of benzene rings is 1.